The van der Waals surface area contributed by atoms with E-state index in [1.165, 1.54) is 5.56 Å². The first kappa shape index (κ1) is 14.3. The van der Waals surface area contributed by atoms with Crippen LogP contribution >= 0.6 is 0 Å². The summed E-state index contributed by atoms with van der Waals surface area (Å²) < 4.78 is 5.80. The Bertz CT molecular complexity index is 727. The van der Waals surface area contributed by atoms with Crippen LogP contribution in [0.15, 0.2) is 66.7 Å². The number of nitrogens with zero attached hydrogens (tertiary/aromatic N) is 2. The Morgan fingerprint density at radius 3 is 2.14 bits per heavy atom. The summed E-state index contributed by atoms with van der Waals surface area (Å²) in [5.41, 5.74) is 3.24. The van der Waals surface area contributed by atoms with Gasteiger partial charge in [-0.1, -0.05) is 60.7 Å². The molecule has 0 aliphatic heterocycles. The number of ether oxygens (including phenoxy) is 1. The first-order chi connectivity index (χ1) is 10.8. The monoisotopic (exact) mass is 290 g/mol. The van der Waals surface area contributed by atoms with E-state index in [0.29, 0.717) is 18.9 Å². The molecular formula is C19H18N2O. The van der Waals surface area contributed by atoms with Crippen LogP contribution in [0.5, 0.6) is 5.88 Å². The van der Waals surface area contributed by atoms with Crippen molar-refractivity contribution >= 4 is 0 Å². The Hall–Kier alpha value is -2.68. The van der Waals surface area contributed by atoms with Gasteiger partial charge in [-0.3, -0.25) is 0 Å². The summed E-state index contributed by atoms with van der Waals surface area (Å²) in [7, 11) is 0. The van der Waals surface area contributed by atoms with Crippen LogP contribution in [0.2, 0.25) is 0 Å². The maximum absolute atomic E-state index is 5.80. The summed E-state index contributed by atoms with van der Waals surface area (Å²) in [4.78, 5) is 9.00. The Kier molecular flexibility index (Phi) is 4.44. The van der Waals surface area contributed by atoms with E-state index in [2.05, 4.69) is 22.1 Å². The Morgan fingerprint density at radius 2 is 1.45 bits per heavy atom. The Balaban J connectivity index is 1.72. The first-order valence-corrected chi connectivity index (χ1v) is 7.35. The fraction of sp³-hybridized carbons (Fsp3) is 0.158. The number of hydrogen-bond acceptors (Lipinski definition) is 3. The number of rotatable bonds is 5. The molecule has 0 saturated heterocycles. The molecule has 0 aliphatic carbocycles. The van der Waals surface area contributed by atoms with Gasteiger partial charge in [-0.25, -0.2) is 4.98 Å². The number of benzene rings is 2. The largest absolute Gasteiger partial charge is 0.473 e. The molecule has 1 heterocycles. The van der Waals surface area contributed by atoms with Crippen molar-refractivity contribution in [2.24, 2.45) is 0 Å². The highest BCUT2D eigenvalue weighted by atomic mass is 16.5. The van der Waals surface area contributed by atoms with Crippen molar-refractivity contribution in [2.45, 2.75) is 20.0 Å². The lowest BCUT2D eigenvalue weighted by Crippen LogP contribution is -2.03. The molecule has 0 bridgehead atoms. The van der Waals surface area contributed by atoms with Crippen molar-refractivity contribution in [3.8, 4) is 5.88 Å². The number of aromatic nitrogens is 2. The van der Waals surface area contributed by atoms with Crippen LogP contribution in [0.1, 0.15) is 22.6 Å². The second kappa shape index (κ2) is 6.85. The molecule has 0 saturated carbocycles. The standard InChI is InChI=1S/C19H18N2O/c1-15-12-19(22-14-17-10-6-3-7-11-17)21-18(20-15)13-16-8-4-2-5-9-16/h2-12H,13-14H2,1H3. The van der Waals surface area contributed by atoms with Gasteiger partial charge in [0, 0.05) is 18.2 Å². The van der Waals surface area contributed by atoms with Crippen LogP contribution in [0.25, 0.3) is 0 Å². The average molecular weight is 290 g/mol. The smallest absolute Gasteiger partial charge is 0.217 e. The molecule has 1 aromatic heterocycles. The first-order valence-electron chi connectivity index (χ1n) is 7.35. The molecule has 3 rings (SSSR count). The van der Waals surface area contributed by atoms with Gasteiger partial charge < -0.3 is 4.74 Å². The predicted molar refractivity (Wildman–Crippen MR) is 86.8 cm³/mol. The fourth-order valence-electron chi connectivity index (χ4n) is 2.26. The summed E-state index contributed by atoms with van der Waals surface area (Å²) in [5, 5.41) is 0. The molecule has 3 nitrogen and oxygen atoms in total. The topological polar surface area (TPSA) is 35.0 Å². The molecule has 0 fully saturated rings. The van der Waals surface area contributed by atoms with E-state index in [4.69, 9.17) is 4.74 Å². The molecular weight excluding hydrogens is 272 g/mol. The minimum Gasteiger partial charge on any atom is -0.473 e. The van der Waals surface area contributed by atoms with Gasteiger partial charge in [0.1, 0.15) is 12.4 Å². The second-order valence-corrected chi connectivity index (χ2v) is 5.20. The maximum Gasteiger partial charge on any atom is 0.217 e. The molecule has 3 heteroatoms. The van der Waals surface area contributed by atoms with Gasteiger partial charge in [-0.2, -0.15) is 4.98 Å². The fourth-order valence-corrected chi connectivity index (χ4v) is 2.26. The van der Waals surface area contributed by atoms with Crippen LogP contribution in [0.3, 0.4) is 0 Å². The van der Waals surface area contributed by atoms with Crippen molar-refractivity contribution in [2.75, 3.05) is 0 Å². The quantitative estimate of drug-likeness (QED) is 0.713. The summed E-state index contributed by atoms with van der Waals surface area (Å²) in [6.07, 6.45) is 0.713. The third kappa shape index (κ3) is 3.92. The number of hydrogen-bond donors (Lipinski definition) is 0. The molecule has 0 atom stereocenters. The highest BCUT2D eigenvalue weighted by Gasteiger charge is 2.05. The minimum atomic E-state index is 0.516. The van der Waals surface area contributed by atoms with Gasteiger partial charge in [0.2, 0.25) is 5.88 Å². The highest BCUT2D eigenvalue weighted by molar-refractivity contribution is 5.22. The van der Waals surface area contributed by atoms with Crippen LogP contribution in [-0.2, 0) is 13.0 Å². The Labute approximate surface area is 130 Å². The summed E-state index contributed by atoms with van der Waals surface area (Å²) in [5.74, 6) is 1.41. The van der Waals surface area contributed by atoms with Crippen LogP contribution in [-0.4, -0.2) is 9.97 Å². The molecule has 0 radical (unpaired) electrons. The molecule has 0 amide bonds. The van der Waals surface area contributed by atoms with E-state index in [1.54, 1.807) is 0 Å². The molecule has 0 spiro atoms. The van der Waals surface area contributed by atoms with Gasteiger partial charge in [0.15, 0.2) is 0 Å². The van der Waals surface area contributed by atoms with Crippen molar-refractivity contribution in [1.82, 2.24) is 9.97 Å². The van der Waals surface area contributed by atoms with Gasteiger partial charge >= 0.3 is 0 Å². The summed E-state index contributed by atoms with van der Waals surface area (Å²) in [6, 6.07) is 22.2. The van der Waals surface area contributed by atoms with E-state index in [9.17, 15) is 0 Å². The Morgan fingerprint density at radius 1 is 0.818 bits per heavy atom. The average Bonchev–Trinajstić information content (AvgIpc) is 2.54. The van der Waals surface area contributed by atoms with E-state index in [0.717, 1.165) is 17.1 Å². The molecule has 0 unspecified atom stereocenters. The van der Waals surface area contributed by atoms with Gasteiger partial charge in [-0.05, 0) is 18.1 Å². The van der Waals surface area contributed by atoms with E-state index in [1.807, 2.05) is 61.5 Å². The van der Waals surface area contributed by atoms with Gasteiger partial charge in [0.25, 0.3) is 0 Å². The van der Waals surface area contributed by atoms with Crippen molar-refractivity contribution in [3.05, 3.63) is 89.4 Å². The third-order valence-electron chi connectivity index (χ3n) is 3.31. The number of aryl methyl sites for hydroxylation is 1. The summed E-state index contributed by atoms with van der Waals surface area (Å²) >= 11 is 0. The zero-order valence-electron chi connectivity index (χ0n) is 12.6. The van der Waals surface area contributed by atoms with Crippen molar-refractivity contribution in [1.29, 1.82) is 0 Å². The maximum atomic E-state index is 5.80. The lowest BCUT2D eigenvalue weighted by atomic mass is 10.1. The lowest BCUT2D eigenvalue weighted by Gasteiger charge is -2.08. The molecule has 110 valence electrons. The van der Waals surface area contributed by atoms with E-state index >= 15 is 0 Å². The summed E-state index contributed by atoms with van der Waals surface area (Å²) in [6.45, 7) is 2.48. The molecule has 2 aromatic carbocycles. The van der Waals surface area contributed by atoms with Crippen LogP contribution in [0.4, 0.5) is 0 Å². The van der Waals surface area contributed by atoms with Gasteiger partial charge in [0.05, 0.1) is 0 Å². The zero-order valence-corrected chi connectivity index (χ0v) is 12.6. The van der Waals surface area contributed by atoms with Crippen LogP contribution in [0, 0.1) is 6.92 Å². The third-order valence-corrected chi connectivity index (χ3v) is 3.31. The highest BCUT2D eigenvalue weighted by Crippen LogP contribution is 2.14. The minimum absolute atomic E-state index is 0.516. The van der Waals surface area contributed by atoms with Crippen LogP contribution < -0.4 is 4.74 Å². The predicted octanol–water partition coefficient (Wildman–Crippen LogP) is 3.95. The van der Waals surface area contributed by atoms with Crippen molar-refractivity contribution in [3.63, 3.8) is 0 Å². The molecule has 0 aliphatic rings. The van der Waals surface area contributed by atoms with E-state index in [-0.39, 0.29) is 0 Å². The lowest BCUT2D eigenvalue weighted by molar-refractivity contribution is 0.292. The van der Waals surface area contributed by atoms with Crippen molar-refractivity contribution < 1.29 is 4.74 Å². The van der Waals surface area contributed by atoms with Gasteiger partial charge in [-0.15, -0.1) is 0 Å². The molecule has 0 N–H and O–H groups in total. The van der Waals surface area contributed by atoms with E-state index < -0.39 is 0 Å². The molecule has 22 heavy (non-hydrogen) atoms. The molecule has 3 aromatic rings. The zero-order chi connectivity index (χ0) is 15.2. The SMILES string of the molecule is Cc1cc(OCc2ccccc2)nc(Cc2ccccc2)n1. The normalized spacial score (nSPS) is 10.4. The second-order valence-electron chi connectivity index (χ2n) is 5.20.